The van der Waals surface area contributed by atoms with Crippen LogP contribution in [-0.4, -0.2) is 22.6 Å². The molecular weight excluding hydrogens is 362 g/mol. The highest BCUT2D eigenvalue weighted by molar-refractivity contribution is 6.04. The molecule has 1 amide bonds. The van der Waals surface area contributed by atoms with E-state index < -0.39 is 0 Å². The summed E-state index contributed by atoms with van der Waals surface area (Å²) in [6.45, 7) is 0.489. The van der Waals surface area contributed by atoms with Crippen molar-refractivity contribution in [1.82, 2.24) is 15.5 Å². The van der Waals surface area contributed by atoms with Crippen LogP contribution in [-0.2, 0) is 0 Å². The van der Waals surface area contributed by atoms with E-state index in [0.29, 0.717) is 17.3 Å². The second-order valence-electron chi connectivity index (χ2n) is 6.87. The Labute approximate surface area is 168 Å². The molecule has 5 heteroatoms. The van der Waals surface area contributed by atoms with Crippen LogP contribution in [0.1, 0.15) is 34.0 Å². The summed E-state index contributed by atoms with van der Waals surface area (Å²) in [6, 6.07) is 27.5. The van der Waals surface area contributed by atoms with E-state index in [-0.39, 0.29) is 23.1 Å². The van der Waals surface area contributed by atoms with Crippen molar-refractivity contribution in [2.45, 2.75) is 12.3 Å². The molecule has 1 aromatic heterocycles. The number of amides is 1. The number of carbonyl (C=O) groups excluding carboxylic acids is 1. The Kier molecular flexibility index (Phi) is 5.47. The molecule has 0 aliphatic rings. The zero-order valence-electron chi connectivity index (χ0n) is 15.8. The van der Waals surface area contributed by atoms with Crippen LogP contribution in [0, 0.1) is 0 Å². The van der Waals surface area contributed by atoms with Gasteiger partial charge in [-0.1, -0.05) is 78.9 Å². The van der Waals surface area contributed by atoms with Gasteiger partial charge in [-0.05, 0) is 23.6 Å². The van der Waals surface area contributed by atoms with Crippen molar-refractivity contribution in [2.75, 3.05) is 6.54 Å². The Morgan fingerprint density at radius 1 is 0.828 bits per heavy atom. The van der Waals surface area contributed by atoms with Crippen LogP contribution in [0.25, 0.3) is 10.8 Å². The molecule has 0 atom stereocenters. The standard InChI is InChI=1S/C24H21N3O2/c28-23-21-14-8-7-13-20(21)22(26-27-23)24(29)25-16-15-19(17-9-3-1-4-10-17)18-11-5-2-6-12-18/h1-14,19H,15-16H2,(H,25,29)(H,27,28). The quantitative estimate of drug-likeness (QED) is 0.531. The first-order valence-corrected chi connectivity index (χ1v) is 9.59. The summed E-state index contributed by atoms with van der Waals surface area (Å²) in [7, 11) is 0. The molecule has 29 heavy (non-hydrogen) atoms. The molecule has 0 fully saturated rings. The van der Waals surface area contributed by atoms with Gasteiger partial charge in [-0.2, -0.15) is 5.10 Å². The molecule has 0 aliphatic heterocycles. The van der Waals surface area contributed by atoms with E-state index in [0.717, 1.165) is 6.42 Å². The Balaban J connectivity index is 1.52. The minimum absolute atomic E-state index is 0.179. The molecule has 2 N–H and O–H groups in total. The van der Waals surface area contributed by atoms with E-state index in [9.17, 15) is 9.59 Å². The van der Waals surface area contributed by atoms with Gasteiger partial charge in [-0.3, -0.25) is 9.59 Å². The molecule has 0 aliphatic carbocycles. The lowest BCUT2D eigenvalue weighted by Gasteiger charge is -2.18. The van der Waals surface area contributed by atoms with Crippen LogP contribution in [0.4, 0.5) is 0 Å². The fraction of sp³-hybridized carbons (Fsp3) is 0.125. The molecule has 0 spiro atoms. The highest BCUT2D eigenvalue weighted by Gasteiger charge is 2.16. The topological polar surface area (TPSA) is 74.8 Å². The molecule has 1 heterocycles. The van der Waals surface area contributed by atoms with Gasteiger partial charge in [0.2, 0.25) is 0 Å². The fourth-order valence-corrected chi connectivity index (χ4v) is 3.60. The number of carbonyl (C=O) groups is 1. The zero-order valence-corrected chi connectivity index (χ0v) is 15.8. The number of aromatic nitrogens is 2. The summed E-state index contributed by atoms with van der Waals surface area (Å²) in [5.74, 6) is -0.115. The lowest BCUT2D eigenvalue weighted by atomic mass is 9.88. The van der Waals surface area contributed by atoms with Gasteiger partial charge in [-0.15, -0.1) is 0 Å². The number of fused-ring (bicyclic) bond motifs is 1. The number of benzene rings is 3. The van der Waals surface area contributed by atoms with Crippen LogP contribution < -0.4 is 10.9 Å². The predicted molar refractivity (Wildman–Crippen MR) is 114 cm³/mol. The van der Waals surface area contributed by atoms with Crippen LogP contribution in [0.15, 0.2) is 89.7 Å². The Morgan fingerprint density at radius 3 is 2.00 bits per heavy atom. The molecule has 0 saturated carbocycles. The van der Waals surface area contributed by atoms with Crippen molar-refractivity contribution in [3.63, 3.8) is 0 Å². The Bertz CT molecular complexity index is 1130. The summed E-state index contributed by atoms with van der Waals surface area (Å²) >= 11 is 0. The first-order chi connectivity index (χ1) is 14.2. The first-order valence-electron chi connectivity index (χ1n) is 9.59. The largest absolute Gasteiger partial charge is 0.351 e. The van der Waals surface area contributed by atoms with Gasteiger partial charge in [-0.25, -0.2) is 5.10 Å². The summed E-state index contributed by atoms with van der Waals surface area (Å²) in [5.41, 5.74) is 2.35. The monoisotopic (exact) mass is 383 g/mol. The second kappa shape index (κ2) is 8.52. The molecule has 4 aromatic rings. The average Bonchev–Trinajstić information content (AvgIpc) is 2.78. The summed E-state index contributed by atoms with van der Waals surface area (Å²) < 4.78 is 0. The highest BCUT2D eigenvalue weighted by Crippen LogP contribution is 2.27. The van der Waals surface area contributed by atoms with E-state index in [2.05, 4.69) is 39.8 Å². The molecule has 0 saturated heterocycles. The maximum absolute atomic E-state index is 12.7. The summed E-state index contributed by atoms with van der Waals surface area (Å²) in [6.07, 6.45) is 0.751. The van der Waals surface area contributed by atoms with Crippen LogP contribution >= 0.6 is 0 Å². The minimum atomic E-state index is -0.301. The molecular formula is C24H21N3O2. The molecule has 4 rings (SSSR count). The number of rotatable bonds is 6. The zero-order chi connectivity index (χ0) is 20.1. The van der Waals surface area contributed by atoms with E-state index in [1.807, 2.05) is 36.4 Å². The van der Waals surface area contributed by atoms with Crippen LogP contribution in [0.5, 0.6) is 0 Å². The van der Waals surface area contributed by atoms with Gasteiger partial charge in [0, 0.05) is 17.8 Å². The van der Waals surface area contributed by atoms with E-state index in [1.165, 1.54) is 11.1 Å². The van der Waals surface area contributed by atoms with Crippen molar-refractivity contribution >= 4 is 16.7 Å². The number of aromatic amines is 1. The van der Waals surface area contributed by atoms with E-state index in [4.69, 9.17) is 0 Å². The molecule has 5 nitrogen and oxygen atoms in total. The SMILES string of the molecule is O=C(NCCC(c1ccccc1)c1ccccc1)c1n[nH]c(=O)c2ccccc12. The second-order valence-corrected chi connectivity index (χ2v) is 6.87. The van der Waals surface area contributed by atoms with E-state index in [1.54, 1.807) is 24.3 Å². The maximum atomic E-state index is 12.7. The minimum Gasteiger partial charge on any atom is -0.351 e. The van der Waals surface area contributed by atoms with Crippen molar-refractivity contribution in [3.8, 4) is 0 Å². The van der Waals surface area contributed by atoms with Gasteiger partial charge in [0.25, 0.3) is 11.5 Å². The molecule has 0 radical (unpaired) electrons. The predicted octanol–water partition coefficient (Wildman–Crippen LogP) is 3.88. The van der Waals surface area contributed by atoms with E-state index >= 15 is 0 Å². The maximum Gasteiger partial charge on any atom is 0.272 e. The van der Waals surface area contributed by atoms with Crippen molar-refractivity contribution in [1.29, 1.82) is 0 Å². The fourth-order valence-electron chi connectivity index (χ4n) is 3.60. The number of H-pyrrole nitrogens is 1. The number of nitrogens with zero attached hydrogens (tertiary/aromatic N) is 1. The summed E-state index contributed by atoms with van der Waals surface area (Å²) in [5, 5.41) is 10.3. The molecule has 3 aromatic carbocycles. The smallest absolute Gasteiger partial charge is 0.272 e. The number of nitrogens with one attached hydrogen (secondary N) is 2. The number of hydrogen-bond acceptors (Lipinski definition) is 3. The van der Waals surface area contributed by atoms with Gasteiger partial charge in [0.05, 0.1) is 5.39 Å². The molecule has 0 bridgehead atoms. The van der Waals surface area contributed by atoms with Crippen molar-refractivity contribution in [2.24, 2.45) is 0 Å². The third-order valence-electron chi connectivity index (χ3n) is 5.03. The van der Waals surface area contributed by atoms with Gasteiger partial charge >= 0.3 is 0 Å². The van der Waals surface area contributed by atoms with Crippen molar-refractivity contribution < 1.29 is 4.79 Å². The Hall–Kier alpha value is -3.73. The third kappa shape index (κ3) is 4.09. The Morgan fingerprint density at radius 2 is 1.38 bits per heavy atom. The van der Waals surface area contributed by atoms with Gasteiger partial charge in [0.15, 0.2) is 5.69 Å². The first kappa shape index (κ1) is 18.6. The average molecular weight is 383 g/mol. The molecule has 144 valence electrons. The van der Waals surface area contributed by atoms with Crippen molar-refractivity contribution in [3.05, 3.63) is 112 Å². The van der Waals surface area contributed by atoms with Gasteiger partial charge in [0.1, 0.15) is 0 Å². The van der Waals surface area contributed by atoms with Crippen LogP contribution in [0.2, 0.25) is 0 Å². The summed E-state index contributed by atoms with van der Waals surface area (Å²) in [4.78, 5) is 24.6. The molecule has 0 unspecified atom stereocenters. The number of hydrogen-bond donors (Lipinski definition) is 2. The van der Waals surface area contributed by atoms with Gasteiger partial charge < -0.3 is 5.32 Å². The lowest BCUT2D eigenvalue weighted by Crippen LogP contribution is -2.28. The van der Waals surface area contributed by atoms with Crippen LogP contribution in [0.3, 0.4) is 0 Å². The normalized spacial score (nSPS) is 10.9. The third-order valence-corrected chi connectivity index (χ3v) is 5.03. The highest BCUT2D eigenvalue weighted by atomic mass is 16.2. The lowest BCUT2D eigenvalue weighted by molar-refractivity contribution is 0.0948.